The van der Waals surface area contributed by atoms with Crippen molar-refractivity contribution >= 4 is 65.1 Å². The Morgan fingerprint density at radius 2 is 0.731 bits per heavy atom. The van der Waals surface area contributed by atoms with E-state index in [1.54, 1.807) is 12.1 Å². The molecule has 0 unspecified atom stereocenters. The van der Waals surface area contributed by atoms with Gasteiger partial charge in [-0.15, -0.1) is 0 Å². The largest absolute Gasteiger partial charge is 0.354 e. The van der Waals surface area contributed by atoms with E-state index in [-0.39, 0.29) is 5.91 Å². The summed E-state index contributed by atoms with van der Waals surface area (Å²) < 4.78 is 2.42. The molecule has 0 atom stereocenters. The Bertz CT molecular complexity index is 2670. The van der Waals surface area contributed by atoms with Crippen LogP contribution in [-0.4, -0.2) is 25.8 Å². The first-order valence-corrected chi connectivity index (χ1v) is 17.5. The summed E-state index contributed by atoms with van der Waals surface area (Å²) in [6, 6.07) is 47.1. The number of nitrogens with zero attached hydrogens (tertiary/aromatic N) is 2. The standard InChI is InChI=1S/C45H31N5OS/c51-45(50-52)32-18-16-31(17-19-32)44-39-26-24-37(48-39)42(29-12-6-2-7-13-29)35-22-20-33(46-35)41(28-10-4-1-5-11-28)34-21-23-36(47-34)43(30-14-8-3-9-15-30)38-25-27-40(44)49-38/h1-27,46,49,52H,(H,50,51). The van der Waals surface area contributed by atoms with Crippen LogP contribution in [0.5, 0.6) is 0 Å². The number of thiol groups is 1. The second-order valence-electron chi connectivity index (χ2n) is 12.6. The van der Waals surface area contributed by atoms with Crippen LogP contribution in [0.3, 0.4) is 0 Å². The van der Waals surface area contributed by atoms with E-state index >= 15 is 0 Å². The van der Waals surface area contributed by atoms with E-state index in [9.17, 15) is 4.79 Å². The molecular formula is C45H31N5OS. The van der Waals surface area contributed by atoms with Gasteiger partial charge in [0.1, 0.15) is 0 Å². The van der Waals surface area contributed by atoms with Gasteiger partial charge in [0.15, 0.2) is 0 Å². The van der Waals surface area contributed by atoms with Crippen LogP contribution in [0.25, 0.3) is 90.9 Å². The number of aromatic nitrogens is 4. The molecule has 5 heterocycles. The van der Waals surface area contributed by atoms with Crippen molar-refractivity contribution in [2.24, 2.45) is 0 Å². The number of hydrogen-bond acceptors (Lipinski definition) is 4. The number of benzene rings is 4. The van der Waals surface area contributed by atoms with Crippen LogP contribution in [0.2, 0.25) is 0 Å². The summed E-state index contributed by atoms with van der Waals surface area (Å²) in [5.74, 6) is -0.266. The van der Waals surface area contributed by atoms with Gasteiger partial charge < -0.3 is 9.97 Å². The summed E-state index contributed by atoms with van der Waals surface area (Å²) in [5.41, 5.74) is 15.6. The highest BCUT2D eigenvalue weighted by molar-refractivity contribution is 7.78. The fraction of sp³-hybridized carbons (Fsp3) is 0. The van der Waals surface area contributed by atoms with E-state index in [4.69, 9.17) is 9.97 Å². The Morgan fingerprint density at radius 1 is 0.423 bits per heavy atom. The SMILES string of the molecule is O=C(NS)c1ccc(-c2c3nc(c(-c4ccccc4)c4ccc([nH]4)c(-c4ccccc4)c4nc(c(-c5ccccc5)c5ccc2[nH]5)C=C4)C=C3)cc1. The molecule has 8 bridgehead atoms. The molecule has 2 aliphatic rings. The van der Waals surface area contributed by atoms with Crippen molar-refractivity contribution in [3.8, 4) is 44.5 Å². The van der Waals surface area contributed by atoms with Gasteiger partial charge in [0, 0.05) is 49.9 Å². The summed E-state index contributed by atoms with van der Waals surface area (Å²) in [4.78, 5) is 30.6. The predicted octanol–water partition coefficient (Wildman–Crippen LogP) is 10.9. The quantitative estimate of drug-likeness (QED) is 0.136. The maximum Gasteiger partial charge on any atom is 0.260 e. The number of nitrogens with one attached hydrogen (secondary N) is 3. The molecule has 1 amide bonds. The van der Waals surface area contributed by atoms with Crippen molar-refractivity contribution in [1.29, 1.82) is 0 Å². The molecule has 7 heteroatoms. The molecule has 9 rings (SSSR count). The minimum absolute atomic E-state index is 0.266. The molecule has 0 saturated heterocycles. The zero-order valence-electron chi connectivity index (χ0n) is 27.8. The van der Waals surface area contributed by atoms with Crippen LogP contribution >= 0.6 is 12.8 Å². The van der Waals surface area contributed by atoms with Crippen molar-refractivity contribution in [2.75, 3.05) is 0 Å². The Hall–Kier alpha value is -6.70. The Balaban J connectivity index is 1.45. The van der Waals surface area contributed by atoms with E-state index in [0.29, 0.717) is 5.56 Å². The summed E-state index contributed by atoms with van der Waals surface area (Å²) in [6.45, 7) is 0. The van der Waals surface area contributed by atoms with E-state index < -0.39 is 0 Å². The number of rotatable bonds is 5. The number of aromatic amines is 2. The lowest BCUT2D eigenvalue weighted by Gasteiger charge is -2.07. The van der Waals surface area contributed by atoms with E-state index in [1.165, 1.54) is 0 Å². The summed E-state index contributed by atoms with van der Waals surface area (Å²) in [5, 5.41) is 0. The average Bonchev–Trinajstić information content (AvgIpc) is 4.04. The van der Waals surface area contributed by atoms with Gasteiger partial charge in [-0.1, -0.05) is 116 Å². The number of amides is 1. The van der Waals surface area contributed by atoms with Crippen molar-refractivity contribution in [3.05, 3.63) is 168 Å². The molecule has 52 heavy (non-hydrogen) atoms. The molecule has 0 aliphatic carbocycles. The normalized spacial score (nSPS) is 11.9. The molecule has 6 nitrogen and oxygen atoms in total. The van der Waals surface area contributed by atoms with Gasteiger partial charge in [-0.05, 0) is 83.0 Å². The number of carbonyl (C=O) groups excluding carboxylic acids is 1. The third kappa shape index (κ3) is 5.63. The van der Waals surface area contributed by atoms with E-state index in [0.717, 1.165) is 89.4 Å². The predicted molar refractivity (Wildman–Crippen MR) is 217 cm³/mol. The maximum atomic E-state index is 12.4. The molecule has 3 aromatic heterocycles. The lowest BCUT2D eigenvalue weighted by Crippen LogP contribution is -2.12. The maximum absolute atomic E-state index is 12.4. The smallest absolute Gasteiger partial charge is 0.260 e. The second-order valence-corrected chi connectivity index (χ2v) is 12.8. The molecule has 248 valence electrons. The monoisotopic (exact) mass is 689 g/mol. The third-order valence-electron chi connectivity index (χ3n) is 9.48. The highest BCUT2D eigenvalue weighted by Crippen LogP contribution is 2.38. The Labute approximate surface area is 305 Å². The molecule has 7 aromatic rings. The lowest BCUT2D eigenvalue weighted by molar-refractivity contribution is 0.0985. The molecule has 0 fully saturated rings. The van der Waals surface area contributed by atoms with E-state index in [1.807, 2.05) is 54.6 Å². The van der Waals surface area contributed by atoms with Crippen LogP contribution in [-0.2, 0) is 0 Å². The van der Waals surface area contributed by atoms with Crippen LogP contribution in [0, 0.1) is 0 Å². The van der Waals surface area contributed by atoms with Crippen molar-refractivity contribution in [3.63, 3.8) is 0 Å². The van der Waals surface area contributed by atoms with Gasteiger partial charge in [-0.2, -0.15) is 0 Å². The fourth-order valence-corrected chi connectivity index (χ4v) is 7.22. The topological polar surface area (TPSA) is 86.5 Å². The van der Waals surface area contributed by atoms with Crippen LogP contribution < -0.4 is 4.72 Å². The molecule has 0 saturated carbocycles. The lowest BCUT2D eigenvalue weighted by atomic mass is 10.0. The van der Waals surface area contributed by atoms with Crippen molar-refractivity contribution in [1.82, 2.24) is 24.7 Å². The minimum Gasteiger partial charge on any atom is -0.354 e. The first kappa shape index (κ1) is 31.3. The number of hydrogen-bond donors (Lipinski definition) is 4. The molecule has 4 aromatic carbocycles. The van der Waals surface area contributed by atoms with Gasteiger partial charge in [-0.3, -0.25) is 9.52 Å². The highest BCUT2D eigenvalue weighted by Gasteiger charge is 2.19. The summed E-state index contributed by atoms with van der Waals surface area (Å²) in [6.07, 6.45) is 8.36. The van der Waals surface area contributed by atoms with Crippen LogP contribution in [0.1, 0.15) is 33.1 Å². The first-order chi connectivity index (χ1) is 25.6. The zero-order valence-corrected chi connectivity index (χ0v) is 28.7. The number of fused-ring (bicyclic) bond motifs is 8. The molecule has 3 N–H and O–H groups in total. The van der Waals surface area contributed by atoms with Crippen molar-refractivity contribution < 1.29 is 4.79 Å². The minimum atomic E-state index is -0.266. The Morgan fingerprint density at radius 3 is 1.04 bits per heavy atom. The second kappa shape index (κ2) is 13.2. The van der Waals surface area contributed by atoms with Crippen molar-refractivity contribution in [2.45, 2.75) is 0 Å². The average molecular weight is 690 g/mol. The number of carbonyl (C=O) groups is 1. The summed E-state index contributed by atoms with van der Waals surface area (Å²) >= 11 is 3.96. The summed E-state index contributed by atoms with van der Waals surface area (Å²) in [7, 11) is 0. The third-order valence-corrected chi connectivity index (χ3v) is 9.68. The van der Waals surface area contributed by atoms with Crippen LogP contribution in [0.4, 0.5) is 0 Å². The van der Waals surface area contributed by atoms with Gasteiger partial charge in [0.2, 0.25) is 0 Å². The first-order valence-electron chi connectivity index (χ1n) is 17.0. The van der Waals surface area contributed by atoms with Gasteiger partial charge in [0.05, 0.1) is 22.8 Å². The molecule has 2 aliphatic heterocycles. The van der Waals surface area contributed by atoms with Gasteiger partial charge in [-0.25, -0.2) is 9.97 Å². The van der Waals surface area contributed by atoms with Gasteiger partial charge in [0.25, 0.3) is 5.91 Å². The highest BCUT2D eigenvalue weighted by atomic mass is 32.1. The zero-order chi connectivity index (χ0) is 35.0. The number of H-pyrrole nitrogens is 2. The molecule has 0 radical (unpaired) electrons. The van der Waals surface area contributed by atoms with E-state index in [2.05, 4.69) is 125 Å². The van der Waals surface area contributed by atoms with Gasteiger partial charge >= 0.3 is 0 Å². The fourth-order valence-electron chi connectivity index (χ4n) is 7.09. The van der Waals surface area contributed by atoms with Crippen LogP contribution in [0.15, 0.2) is 140 Å². The molecular weight excluding hydrogens is 659 g/mol. The molecule has 0 spiro atoms. The Kier molecular flexibility index (Phi) is 7.95.